The number of carboxylic acid groups (broad SMARTS) is 1. The second-order valence-corrected chi connectivity index (χ2v) is 16.7. The number of rotatable bonds is 7. The Morgan fingerprint density at radius 1 is 0.882 bits per heavy atom. The summed E-state index contributed by atoms with van der Waals surface area (Å²) < 4.78 is 5.60. The summed E-state index contributed by atoms with van der Waals surface area (Å²) in [6.07, 6.45) is 5.68. The summed E-state index contributed by atoms with van der Waals surface area (Å²) in [5, 5.41) is 9.39. The lowest BCUT2D eigenvalue weighted by atomic mass is 9.58. The Balaban J connectivity index is 1.37. The quantitative estimate of drug-likeness (QED) is 0.302. The van der Waals surface area contributed by atoms with Crippen LogP contribution in [0.4, 0.5) is 4.79 Å². The van der Waals surface area contributed by atoms with Crippen LogP contribution < -0.4 is 0 Å². The first-order valence-electron chi connectivity index (χ1n) is 18.2. The molecule has 2 atom stereocenters. The number of amides is 3. The van der Waals surface area contributed by atoms with Crippen LogP contribution in [0.5, 0.6) is 0 Å². The lowest BCUT2D eigenvalue weighted by Crippen LogP contribution is -2.59. The molecular formula is C42H55N3O6. The highest BCUT2D eigenvalue weighted by atomic mass is 16.6. The molecule has 0 saturated carbocycles. The van der Waals surface area contributed by atoms with Crippen molar-refractivity contribution in [1.29, 1.82) is 0 Å². The Kier molecular flexibility index (Phi) is 10.4. The number of benzene rings is 2. The molecule has 2 aromatic carbocycles. The molecule has 3 aliphatic rings. The van der Waals surface area contributed by atoms with E-state index >= 15 is 0 Å². The Hall–Kier alpha value is -4.40. The zero-order valence-corrected chi connectivity index (χ0v) is 31.8. The number of hydrogen-bond donors (Lipinski definition) is 1. The van der Waals surface area contributed by atoms with Crippen LogP contribution in [0.3, 0.4) is 0 Å². The first-order chi connectivity index (χ1) is 23.8. The number of aromatic carboxylic acids is 1. The van der Waals surface area contributed by atoms with Gasteiger partial charge < -0.3 is 19.6 Å². The normalized spacial score (nSPS) is 21.9. The summed E-state index contributed by atoms with van der Waals surface area (Å²) >= 11 is 0. The molecule has 3 amide bonds. The Labute approximate surface area is 303 Å². The van der Waals surface area contributed by atoms with Gasteiger partial charge in [0.1, 0.15) is 11.6 Å². The standard InChI is InChI=1S/C42H55N3O6/c1-28(2)34(43(9)38(50)51-39(3,4)5)35(46)44-25-22-42(23-26-44,31-13-11-10-12-14-31)37(49)45-24-20-33-40(6,7)32(19-21-41(33,8)27-45)29-15-17-30(18-16-29)36(47)48/h10-20,28,34H,21-27H2,1-9H3,(H,47,48)/t34?,41-/m1/s1. The van der Waals surface area contributed by atoms with Crippen molar-refractivity contribution >= 4 is 29.5 Å². The van der Waals surface area contributed by atoms with E-state index in [0.717, 1.165) is 23.1 Å². The van der Waals surface area contributed by atoms with E-state index < -0.39 is 29.1 Å². The number of likely N-dealkylation sites (tertiary alicyclic amines) is 1. The highest BCUT2D eigenvalue weighted by Crippen LogP contribution is 2.55. The number of piperidine rings is 1. The van der Waals surface area contributed by atoms with Crippen LogP contribution in [0.1, 0.15) is 96.1 Å². The van der Waals surface area contributed by atoms with Crippen LogP contribution in [-0.4, -0.2) is 88.6 Å². The van der Waals surface area contributed by atoms with E-state index in [4.69, 9.17) is 4.74 Å². The SMILES string of the molecule is CC(C)C(C(=O)N1CCC(C(=O)N2CC=C3C(C)(C)C(c4ccc(C(=O)O)cc4)=CC[C@]3(C)C2)(c2ccccc2)CC1)N(C)C(=O)OC(C)(C)C. The Morgan fingerprint density at radius 2 is 1.49 bits per heavy atom. The van der Waals surface area contributed by atoms with Crippen molar-refractivity contribution in [2.45, 2.75) is 91.7 Å². The number of carbonyl (C=O) groups is 4. The molecule has 2 heterocycles. The highest BCUT2D eigenvalue weighted by molar-refractivity contribution is 5.91. The maximum absolute atomic E-state index is 14.9. The lowest BCUT2D eigenvalue weighted by Gasteiger charge is -2.52. The largest absolute Gasteiger partial charge is 0.478 e. The van der Waals surface area contributed by atoms with E-state index in [1.54, 1.807) is 19.2 Å². The highest BCUT2D eigenvalue weighted by Gasteiger charge is 2.51. The van der Waals surface area contributed by atoms with E-state index in [9.17, 15) is 24.3 Å². The van der Waals surface area contributed by atoms with Crippen molar-refractivity contribution < 1.29 is 29.0 Å². The average Bonchev–Trinajstić information content (AvgIpc) is 3.07. The van der Waals surface area contributed by atoms with Crippen molar-refractivity contribution in [3.63, 3.8) is 0 Å². The predicted octanol–water partition coefficient (Wildman–Crippen LogP) is 7.42. The van der Waals surface area contributed by atoms with Gasteiger partial charge in [-0.2, -0.15) is 0 Å². The minimum atomic E-state index is -0.943. The summed E-state index contributed by atoms with van der Waals surface area (Å²) in [5.74, 6) is -1.12. The zero-order chi connectivity index (χ0) is 37.5. The van der Waals surface area contributed by atoms with Crippen LogP contribution in [0.15, 0.2) is 72.3 Å². The molecule has 9 nitrogen and oxygen atoms in total. The number of nitrogens with zero attached hydrogens (tertiary/aromatic N) is 3. The van der Waals surface area contributed by atoms with Crippen molar-refractivity contribution in [1.82, 2.24) is 14.7 Å². The summed E-state index contributed by atoms with van der Waals surface area (Å²) in [5.41, 5.74) is 2.64. The molecule has 0 aromatic heterocycles. The van der Waals surface area contributed by atoms with E-state index in [0.29, 0.717) is 39.0 Å². The average molecular weight is 698 g/mol. The minimum absolute atomic E-state index is 0.0837. The molecule has 274 valence electrons. The summed E-state index contributed by atoms with van der Waals surface area (Å²) in [6.45, 7) is 17.8. The van der Waals surface area contributed by atoms with Crippen LogP contribution in [0, 0.1) is 16.7 Å². The van der Waals surface area contributed by atoms with Gasteiger partial charge in [-0.15, -0.1) is 0 Å². The molecule has 1 N–H and O–H groups in total. The second-order valence-electron chi connectivity index (χ2n) is 16.7. The van der Waals surface area contributed by atoms with Gasteiger partial charge in [0.25, 0.3) is 0 Å². The summed E-state index contributed by atoms with van der Waals surface area (Å²) in [6, 6.07) is 16.4. The fraction of sp³-hybridized carbons (Fsp3) is 0.524. The number of likely N-dealkylation sites (N-methyl/N-ethyl adjacent to an activating group) is 1. The molecule has 9 heteroatoms. The monoisotopic (exact) mass is 697 g/mol. The van der Waals surface area contributed by atoms with Gasteiger partial charge in [0.15, 0.2) is 0 Å². The van der Waals surface area contributed by atoms with Gasteiger partial charge in [0.2, 0.25) is 11.8 Å². The molecule has 0 radical (unpaired) electrons. The first-order valence-corrected chi connectivity index (χ1v) is 18.2. The molecule has 0 bridgehead atoms. The van der Waals surface area contributed by atoms with Crippen LogP contribution in [0.2, 0.25) is 0 Å². The molecule has 51 heavy (non-hydrogen) atoms. The number of fused-ring (bicyclic) bond motifs is 1. The molecular weight excluding hydrogens is 642 g/mol. The summed E-state index contributed by atoms with van der Waals surface area (Å²) in [7, 11) is 1.62. The van der Waals surface area contributed by atoms with Crippen LogP contribution in [-0.2, 0) is 19.7 Å². The molecule has 5 rings (SSSR count). The maximum Gasteiger partial charge on any atom is 0.410 e. The van der Waals surface area contributed by atoms with Crippen molar-refractivity contribution in [3.8, 4) is 0 Å². The number of ether oxygens (including phenoxy) is 1. The fourth-order valence-electron chi connectivity index (χ4n) is 8.68. The molecule has 2 aliphatic heterocycles. The topological polar surface area (TPSA) is 107 Å². The Morgan fingerprint density at radius 3 is 2.04 bits per heavy atom. The summed E-state index contributed by atoms with van der Waals surface area (Å²) in [4.78, 5) is 58.7. The van der Waals surface area contributed by atoms with Gasteiger partial charge in [-0.05, 0) is 74.8 Å². The van der Waals surface area contributed by atoms with Gasteiger partial charge in [-0.1, -0.05) is 94.8 Å². The van der Waals surface area contributed by atoms with E-state index in [1.165, 1.54) is 10.5 Å². The maximum atomic E-state index is 14.9. The third kappa shape index (κ3) is 7.35. The third-order valence-electron chi connectivity index (χ3n) is 11.2. The molecule has 1 unspecified atom stereocenters. The van der Waals surface area contributed by atoms with Crippen molar-refractivity contribution in [2.75, 3.05) is 33.2 Å². The molecule has 1 aliphatic carbocycles. The third-order valence-corrected chi connectivity index (χ3v) is 11.2. The van der Waals surface area contributed by atoms with Gasteiger partial charge in [-0.25, -0.2) is 9.59 Å². The van der Waals surface area contributed by atoms with Crippen LogP contribution in [0.25, 0.3) is 5.57 Å². The second kappa shape index (κ2) is 14.0. The smallest absolute Gasteiger partial charge is 0.410 e. The van der Waals surface area contributed by atoms with E-state index in [2.05, 4.69) is 32.9 Å². The molecule has 1 fully saturated rings. The van der Waals surface area contributed by atoms with Gasteiger partial charge in [0.05, 0.1) is 11.0 Å². The lowest BCUT2D eigenvalue weighted by molar-refractivity contribution is -0.146. The van der Waals surface area contributed by atoms with E-state index in [-0.39, 0.29) is 34.1 Å². The number of carbonyl (C=O) groups excluding carboxylic acids is 3. The number of allylic oxidation sites excluding steroid dienone is 2. The van der Waals surface area contributed by atoms with Crippen LogP contribution >= 0.6 is 0 Å². The van der Waals surface area contributed by atoms with Gasteiger partial charge >= 0.3 is 12.1 Å². The van der Waals surface area contributed by atoms with Gasteiger partial charge in [0, 0.05) is 44.1 Å². The van der Waals surface area contributed by atoms with E-state index in [1.807, 2.05) is 86.9 Å². The number of carboxylic acids is 1. The minimum Gasteiger partial charge on any atom is -0.478 e. The number of hydrogen-bond acceptors (Lipinski definition) is 5. The zero-order valence-electron chi connectivity index (χ0n) is 31.8. The van der Waals surface area contributed by atoms with Gasteiger partial charge in [-0.3, -0.25) is 14.5 Å². The molecule has 0 spiro atoms. The predicted molar refractivity (Wildman–Crippen MR) is 199 cm³/mol. The Bertz CT molecular complexity index is 1710. The molecule has 1 saturated heterocycles. The fourth-order valence-corrected chi connectivity index (χ4v) is 8.68. The van der Waals surface area contributed by atoms with Crippen molar-refractivity contribution in [3.05, 3.63) is 89.0 Å². The van der Waals surface area contributed by atoms with Crippen molar-refractivity contribution in [2.24, 2.45) is 16.7 Å². The first kappa shape index (κ1) is 37.8. The molecule has 2 aromatic rings.